The van der Waals surface area contributed by atoms with Crippen molar-refractivity contribution in [1.82, 2.24) is 0 Å². The minimum atomic E-state index is -0.327. The normalized spacial score (nSPS) is 11.3. The van der Waals surface area contributed by atoms with Gasteiger partial charge in [-0.25, -0.2) is 0 Å². The molecule has 0 aliphatic rings. The number of hydrogen-bond donors (Lipinski definition) is 3. The first-order valence-corrected chi connectivity index (χ1v) is 11.5. The number of thiocarbonyl (C=S) groups is 1. The Bertz CT molecular complexity index is 1140. The molecule has 164 valence electrons. The van der Waals surface area contributed by atoms with E-state index in [1.54, 1.807) is 36.4 Å². The highest BCUT2D eigenvalue weighted by Crippen LogP contribution is 2.28. The van der Waals surface area contributed by atoms with E-state index in [9.17, 15) is 9.59 Å². The first-order valence-electron chi connectivity index (χ1n) is 9.83. The Balaban J connectivity index is 1.57. The highest BCUT2D eigenvalue weighted by Gasteiger charge is 2.16. The average Bonchev–Trinajstić information content (AvgIpc) is 2.75. The molecule has 0 aliphatic heterocycles. The van der Waals surface area contributed by atoms with Crippen LogP contribution in [-0.4, -0.2) is 22.1 Å². The second-order valence-corrected chi connectivity index (χ2v) is 9.20. The lowest BCUT2D eigenvalue weighted by Gasteiger charge is -2.14. The maximum absolute atomic E-state index is 12.5. The van der Waals surface area contributed by atoms with E-state index in [2.05, 4.69) is 16.0 Å². The van der Waals surface area contributed by atoms with Gasteiger partial charge in [0.15, 0.2) is 10.9 Å². The maximum Gasteiger partial charge on any atom is 0.237 e. The van der Waals surface area contributed by atoms with Crippen molar-refractivity contribution in [3.63, 3.8) is 0 Å². The summed E-state index contributed by atoms with van der Waals surface area (Å²) in [5.41, 5.74) is 2.82. The fraction of sp³-hybridized carbons (Fsp3) is 0.125. The quantitative estimate of drug-likeness (QED) is 0.203. The number of halogens is 1. The number of carbonyl (C=O) groups is 2. The van der Waals surface area contributed by atoms with Crippen LogP contribution in [0.15, 0.2) is 77.7 Å². The van der Waals surface area contributed by atoms with Crippen LogP contribution in [0.25, 0.3) is 0 Å². The van der Waals surface area contributed by atoms with Crippen LogP contribution in [0.2, 0.25) is 5.02 Å². The molecule has 0 aliphatic carbocycles. The molecule has 0 radical (unpaired) electrons. The van der Waals surface area contributed by atoms with Crippen LogP contribution in [0.3, 0.4) is 0 Å². The number of para-hydroxylation sites is 1. The van der Waals surface area contributed by atoms with Gasteiger partial charge in [-0.1, -0.05) is 29.8 Å². The summed E-state index contributed by atoms with van der Waals surface area (Å²) >= 11 is 12.9. The Morgan fingerprint density at radius 1 is 0.906 bits per heavy atom. The van der Waals surface area contributed by atoms with E-state index in [0.717, 1.165) is 16.3 Å². The number of thioether (sulfide) groups is 1. The second kappa shape index (κ2) is 11.1. The van der Waals surface area contributed by atoms with E-state index in [1.807, 2.05) is 43.3 Å². The Hall–Kier alpha value is -2.87. The number of carbonyl (C=O) groups excluding carboxylic acids is 2. The van der Waals surface area contributed by atoms with Crippen LogP contribution in [0.1, 0.15) is 24.2 Å². The summed E-state index contributed by atoms with van der Waals surface area (Å²) in [6.45, 7) is 3.37. The zero-order valence-electron chi connectivity index (χ0n) is 17.5. The largest absolute Gasteiger partial charge is 0.332 e. The van der Waals surface area contributed by atoms with Crippen molar-refractivity contribution >= 4 is 69.4 Å². The molecule has 3 rings (SSSR count). The van der Waals surface area contributed by atoms with E-state index in [0.29, 0.717) is 21.4 Å². The summed E-state index contributed by atoms with van der Waals surface area (Å²) in [5, 5.41) is 9.69. The number of ketones is 1. The predicted molar refractivity (Wildman–Crippen MR) is 138 cm³/mol. The molecule has 3 N–H and O–H groups in total. The van der Waals surface area contributed by atoms with Gasteiger partial charge in [0.1, 0.15) is 0 Å². The molecule has 8 heteroatoms. The molecule has 0 saturated heterocycles. The SMILES string of the molecule is CC(=O)c1ccc(NC(=S)Nc2cccc(SC(C)C(=O)Nc3ccccc3Cl)c2)cc1. The van der Waals surface area contributed by atoms with Crippen LogP contribution in [0.4, 0.5) is 17.1 Å². The zero-order valence-corrected chi connectivity index (χ0v) is 19.9. The van der Waals surface area contributed by atoms with E-state index < -0.39 is 0 Å². The summed E-state index contributed by atoms with van der Waals surface area (Å²) in [7, 11) is 0. The topological polar surface area (TPSA) is 70.2 Å². The van der Waals surface area contributed by atoms with Crippen LogP contribution in [0, 0.1) is 0 Å². The van der Waals surface area contributed by atoms with Crippen molar-refractivity contribution in [2.45, 2.75) is 24.0 Å². The summed E-state index contributed by atoms with van der Waals surface area (Å²) < 4.78 is 0. The summed E-state index contributed by atoms with van der Waals surface area (Å²) in [4.78, 5) is 24.8. The van der Waals surface area contributed by atoms with E-state index in [4.69, 9.17) is 23.8 Å². The molecule has 5 nitrogen and oxygen atoms in total. The molecule has 0 fully saturated rings. The van der Waals surface area contributed by atoms with Crippen molar-refractivity contribution in [3.05, 3.63) is 83.4 Å². The molecule has 0 spiro atoms. The van der Waals surface area contributed by atoms with Crippen LogP contribution in [-0.2, 0) is 4.79 Å². The molecule has 3 aromatic carbocycles. The number of rotatable bonds is 7. The third-order valence-corrected chi connectivity index (χ3v) is 6.08. The van der Waals surface area contributed by atoms with E-state index in [-0.39, 0.29) is 16.9 Å². The van der Waals surface area contributed by atoms with Crippen molar-refractivity contribution in [2.24, 2.45) is 0 Å². The van der Waals surface area contributed by atoms with Crippen LogP contribution >= 0.6 is 35.6 Å². The molecule has 1 atom stereocenters. The summed E-state index contributed by atoms with van der Waals surface area (Å²) in [6, 6.07) is 21.9. The van der Waals surface area contributed by atoms with Gasteiger partial charge in [0.2, 0.25) is 5.91 Å². The number of benzene rings is 3. The lowest BCUT2D eigenvalue weighted by molar-refractivity contribution is -0.115. The minimum Gasteiger partial charge on any atom is -0.332 e. The molecule has 1 amide bonds. The van der Waals surface area contributed by atoms with Gasteiger partial charge in [-0.3, -0.25) is 9.59 Å². The highest BCUT2D eigenvalue weighted by molar-refractivity contribution is 8.00. The Labute approximate surface area is 201 Å². The number of anilines is 3. The maximum atomic E-state index is 12.5. The van der Waals surface area contributed by atoms with Gasteiger partial charge < -0.3 is 16.0 Å². The minimum absolute atomic E-state index is 0.0151. The molecule has 0 heterocycles. The fourth-order valence-electron chi connectivity index (χ4n) is 2.78. The monoisotopic (exact) mass is 483 g/mol. The predicted octanol–water partition coefficient (Wildman–Crippen LogP) is 6.47. The second-order valence-electron chi connectivity index (χ2n) is 6.97. The Kier molecular flexibility index (Phi) is 8.27. The molecular formula is C24H22ClN3O2S2. The molecule has 1 unspecified atom stereocenters. The van der Waals surface area contributed by atoms with Gasteiger partial charge in [0.05, 0.1) is 16.0 Å². The Morgan fingerprint density at radius 3 is 2.28 bits per heavy atom. The fourth-order valence-corrected chi connectivity index (χ4v) is 4.13. The van der Waals surface area contributed by atoms with Crippen LogP contribution < -0.4 is 16.0 Å². The average molecular weight is 484 g/mol. The highest BCUT2D eigenvalue weighted by atomic mass is 35.5. The standard InChI is InChI=1S/C24H22ClN3O2S2/c1-15(29)17-10-12-18(13-11-17)26-24(31)27-19-6-5-7-20(14-19)32-16(2)23(30)28-22-9-4-3-8-21(22)25/h3-14,16H,1-2H3,(H,28,30)(H2,26,27,31). The Morgan fingerprint density at radius 2 is 1.59 bits per heavy atom. The number of Topliss-reactive ketones (excluding diaryl/α,β-unsaturated/α-hetero) is 1. The van der Waals surface area contributed by atoms with Crippen molar-refractivity contribution in [3.8, 4) is 0 Å². The number of hydrogen-bond acceptors (Lipinski definition) is 4. The smallest absolute Gasteiger partial charge is 0.237 e. The van der Waals surface area contributed by atoms with E-state index >= 15 is 0 Å². The van der Waals surface area contributed by atoms with Gasteiger partial charge in [-0.2, -0.15) is 0 Å². The van der Waals surface area contributed by atoms with Gasteiger partial charge in [-0.05, 0) is 80.7 Å². The van der Waals surface area contributed by atoms with Gasteiger partial charge in [0.25, 0.3) is 0 Å². The zero-order chi connectivity index (χ0) is 23.1. The third kappa shape index (κ3) is 6.82. The molecule has 32 heavy (non-hydrogen) atoms. The van der Waals surface area contributed by atoms with Gasteiger partial charge in [0, 0.05) is 21.8 Å². The number of amides is 1. The molecule has 0 saturated carbocycles. The van der Waals surface area contributed by atoms with Crippen molar-refractivity contribution in [1.29, 1.82) is 0 Å². The molecule has 0 bridgehead atoms. The summed E-state index contributed by atoms with van der Waals surface area (Å²) in [6.07, 6.45) is 0. The summed E-state index contributed by atoms with van der Waals surface area (Å²) in [5.74, 6) is -0.117. The van der Waals surface area contributed by atoms with Crippen molar-refractivity contribution < 1.29 is 9.59 Å². The molecular weight excluding hydrogens is 462 g/mol. The van der Waals surface area contributed by atoms with E-state index in [1.165, 1.54) is 18.7 Å². The molecule has 0 aromatic heterocycles. The van der Waals surface area contributed by atoms with Crippen LogP contribution in [0.5, 0.6) is 0 Å². The third-order valence-electron chi connectivity index (χ3n) is 4.46. The lowest BCUT2D eigenvalue weighted by Crippen LogP contribution is -2.22. The molecule has 3 aromatic rings. The first kappa shape index (κ1) is 23.8. The van der Waals surface area contributed by atoms with Gasteiger partial charge in [-0.15, -0.1) is 11.8 Å². The first-order chi connectivity index (χ1) is 15.3. The lowest BCUT2D eigenvalue weighted by atomic mass is 10.1. The van der Waals surface area contributed by atoms with Gasteiger partial charge >= 0.3 is 0 Å². The number of nitrogens with one attached hydrogen (secondary N) is 3. The van der Waals surface area contributed by atoms with Crippen molar-refractivity contribution in [2.75, 3.05) is 16.0 Å².